The van der Waals surface area contributed by atoms with E-state index < -0.39 is 0 Å². The molecular formula is C14H15N3O2. The molecule has 0 bridgehead atoms. The zero-order valence-corrected chi connectivity index (χ0v) is 10.8. The van der Waals surface area contributed by atoms with Gasteiger partial charge in [-0.2, -0.15) is 0 Å². The molecule has 2 aromatic rings. The first kappa shape index (κ1) is 12.9. The van der Waals surface area contributed by atoms with Crippen molar-refractivity contribution in [2.24, 2.45) is 7.05 Å². The van der Waals surface area contributed by atoms with Crippen LogP contribution < -0.4 is 16.4 Å². The van der Waals surface area contributed by atoms with Crippen molar-refractivity contribution in [3.8, 4) is 0 Å². The number of benzene rings is 1. The molecule has 0 atom stereocenters. The van der Waals surface area contributed by atoms with Crippen molar-refractivity contribution < 1.29 is 4.79 Å². The van der Waals surface area contributed by atoms with E-state index in [0.717, 1.165) is 5.69 Å². The Labute approximate surface area is 110 Å². The van der Waals surface area contributed by atoms with Gasteiger partial charge < -0.3 is 4.57 Å². The fraction of sp³-hybridized carbons (Fsp3) is 0.143. The van der Waals surface area contributed by atoms with Crippen LogP contribution in [0, 0.1) is 6.92 Å². The van der Waals surface area contributed by atoms with Crippen LogP contribution in [0.4, 0.5) is 5.69 Å². The average Bonchev–Trinajstić information content (AvgIpc) is 2.42. The monoisotopic (exact) mass is 257 g/mol. The number of hydrogen-bond acceptors (Lipinski definition) is 3. The maximum absolute atomic E-state index is 11.9. The van der Waals surface area contributed by atoms with Crippen molar-refractivity contribution in [3.05, 3.63) is 64.1 Å². The van der Waals surface area contributed by atoms with Crippen molar-refractivity contribution >= 4 is 11.6 Å². The fourth-order valence-electron chi connectivity index (χ4n) is 1.72. The maximum Gasteiger partial charge on any atom is 0.271 e. The number of hydrogen-bond donors (Lipinski definition) is 2. The van der Waals surface area contributed by atoms with E-state index in [1.165, 1.54) is 10.8 Å². The van der Waals surface area contributed by atoms with Gasteiger partial charge in [-0.3, -0.25) is 20.4 Å². The van der Waals surface area contributed by atoms with E-state index in [-0.39, 0.29) is 11.5 Å². The number of aryl methyl sites for hydroxylation is 2. The third-order valence-electron chi connectivity index (χ3n) is 2.72. The number of rotatable bonds is 3. The lowest BCUT2D eigenvalue weighted by Gasteiger charge is -2.09. The molecule has 0 aliphatic carbocycles. The summed E-state index contributed by atoms with van der Waals surface area (Å²) in [5, 5.41) is 0. The first-order chi connectivity index (χ1) is 9.08. The van der Waals surface area contributed by atoms with Gasteiger partial charge in [-0.25, -0.2) is 0 Å². The summed E-state index contributed by atoms with van der Waals surface area (Å²) in [4.78, 5) is 23.5. The second kappa shape index (κ2) is 5.39. The van der Waals surface area contributed by atoms with Gasteiger partial charge in [-0.1, -0.05) is 18.2 Å². The Morgan fingerprint density at radius 3 is 2.53 bits per heavy atom. The molecule has 2 N–H and O–H groups in total. The van der Waals surface area contributed by atoms with E-state index in [2.05, 4.69) is 10.9 Å². The minimum absolute atomic E-state index is 0.104. The third-order valence-corrected chi connectivity index (χ3v) is 2.72. The molecule has 0 fully saturated rings. The Morgan fingerprint density at radius 2 is 1.89 bits per heavy atom. The second-order valence-corrected chi connectivity index (χ2v) is 4.27. The lowest BCUT2D eigenvalue weighted by Crippen LogP contribution is -2.31. The topological polar surface area (TPSA) is 63.1 Å². The normalized spacial score (nSPS) is 10.0. The maximum atomic E-state index is 11.9. The number of para-hydroxylation sites is 1. The van der Waals surface area contributed by atoms with Crippen LogP contribution in [0.15, 0.2) is 47.4 Å². The lowest BCUT2D eigenvalue weighted by molar-refractivity contribution is 0.0962. The van der Waals surface area contributed by atoms with E-state index in [9.17, 15) is 9.59 Å². The SMILES string of the molecule is Cc1cc(C(=O)NNc2ccccc2)cn(C)c1=O. The van der Waals surface area contributed by atoms with Gasteiger partial charge in [0.2, 0.25) is 0 Å². The quantitative estimate of drug-likeness (QED) is 0.818. The largest absolute Gasteiger partial charge is 0.318 e. The Kier molecular flexibility index (Phi) is 3.66. The highest BCUT2D eigenvalue weighted by Crippen LogP contribution is 2.04. The molecule has 0 saturated heterocycles. The van der Waals surface area contributed by atoms with E-state index in [1.807, 2.05) is 30.3 Å². The molecule has 0 aliphatic heterocycles. The van der Waals surface area contributed by atoms with Crippen LogP contribution in [0.1, 0.15) is 15.9 Å². The number of amides is 1. The van der Waals surface area contributed by atoms with Crippen LogP contribution in [-0.4, -0.2) is 10.5 Å². The molecule has 1 amide bonds. The Hall–Kier alpha value is -2.56. The molecule has 5 nitrogen and oxygen atoms in total. The number of pyridine rings is 1. The fourth-order valence-corrected chi connectivity index (χ4v) is 1.72. The van der Waals surface area contributed by atoms with E-state index in [1.54, 1.807) is 20.0 Å². The highest BCUT2D eigenvalue weighted by Gasteiger charge is 2.08. The number of anilines is 1. The van der Waals surface area contributed by atoms with E-state index in [4.69, 9.17) is 0 Å². The summed E-state index contributed by atoms with van der Waals surface area (Å²) >= 11 is 0. The van der Waals surface area contributed by atoms with Gasteiger partial charge in [-0.15, -0.1) is 0 Å². The molecular weight excluding hydrogens is 242 g/mol. The number of aromatic nitrogens is 1. The van der Waals surface area contributed by atoms with Gasteiger partial charge in [0.1, 0.15) is 0 Å². The molecule has 0 aliphatic rings. The van der Waals surface area contributed by atoms with Crippen molar-refractivity contribution in [2.75, 3.05) is 5.43 Å². The number of hydrazine groups is 1. The number of carbonyl (C=O) groups excluding carboxylic acids is 1. The molecule has 0 spiro atoms. The molecule has 1 heterocycles. The first-order valence-corrected chi connectivity index (χ1v) is 5.86. The molecule has 1 aromatic carbocycles. The standard InChI is InChI=1S/C14H15N3O2/c1-10-8-11(9-17(2)14(10)19)13(18)16-15-12-6-4-3-5-7-12/h3-9,15H,1-2H3,(H,16,18). The zero-order valence-electron chi connectivity index (χ0n) is 10.8. The van der Waals surface area contributed by atoms with Crippen molar-refractivity contribution in [1.29, 1.82) is 0 Å². The first-order valence-electron chi connectivity index (χ1n) is 5.86. The van der Waals surface area contributed by atoms with Crippen LogP contribution in [0.3, 0.4) is 0 Å². The van der Waals surface area contributed by atoms with Gasteiger partial charge in [-0.05, 0) is 25.1 Å². The van der Waals surface area contributed by atoms with Crippen molar-refractivity contribution in [3.63, 3.8) is 0 Å². The van der Waals surface area contributed by atoms with Crippen LogP contribution >= 0.6 is 0 Å². The Balaban J connectivity index is 2.11. The van der Waals surface area contributed by atoms with Crippen LogP contribution in [0.25, 0.3) is 0 Å². The smallest absolute Gasteiger partial charge is 0.271 e. The van der Waals surface area contributed by atoms with Crippen molar-refractivity contribution in [1.82, 2.24) is 9.99 Å². The van der Waals surface area contributed by atoms with E-state index >= 15 is 0 Å². The molecule has 0 saturated carbocycles. The molecule has 5 heteroatoms. The summed E-state index contributed by atoms with van der Waals surface area (Å²) < 4.78 is 1.40. The molecule has 19 heavy (non-hydrogen) atoms. The molecule has 0 unspecified atom stereocenters. The molecule has 98 valence electrons. The van der Waals surface area contributed by atoms with Gasteiger partial charge in [0.05, 0.1) is 11.3 Å². The highest BCUT2D eigenvalue weighted by atomic mass is 16.2. The minimum Gasteiger partial charge on any atom is -0.318 e. The van der Waals surface area contributed by atoms with Crippen LogP contribution in [0.5, 0.6) is 0 Å². The summed E-state index contributed by atoms with van der Waals surface area (Å²) in [6.45, 7) is 1.68. The number of nitrogens with one attached hydrogen (secondary N) is 2. The summed E-state index contributed by atoms with van der Waals surface area (Å²) in [6, 6.07) is 10.9. The van der Waals surface area contributed by atoms with Gasteiger partial charge in [0.25, 0.3) is 11.5 Å². The molecule has 0 radical (unpaired) electrons. The zero-order chi connectivity index (χ0) is 13.8. The predicted molar refractivity (Wildman–Crippen MR) is 74.0 cm³/mol. The summed E-state index contributed by atoms with van der Waals surface area (Å²) in [5.74, 6) is -0.289. The van der Waals surface area contributed by atoms with Gasteiger partial charge in [0, 0.05) is 18.8 Å². The van der Waals surface area contributed by atoms with Gasteiger partial charge in [0.15, 0.2) is 0 Å². The van der Waals surface area contributed by atoms with Gasteiger partial charge >= 0.3 is 0 Å². The Bertz CT molecular complexity index is 621. The summed E-state index contributed by atoms with van der Waals surface area (Å²) in [7, 11) is 1.62. The third kappa shape index (κ3) is 3.01. The van der Waals surface area contributed by atoms with Crippen LogP contribution in [0.2, 0.25) is 0 Å². The highest BCUT2D eigenvalue weighted by molar-refractivity contribution is 5.94. The van der Waals surface area contributed by atoms with Crippen molar-refractivity contribution in [2.45, 2.75) is 6.92 Å². The molecule has 2 rings (SSSR count). The number of carbonyl (C=O) groups is 1. The van der Waals surface area contributed by atoms with E-state index in [0.29, 0.717) is 11.1 Å². The lowest BCUT2D eigenvalue weighted by atomic mass is 10.2. The second-order valence-electron chi connectivity index (χ2n) is 4.27. The molecule has 1 aromatic heterocycles. The number of nitrogens with zero attached hydrogens (tertiary/aromatic N) is 1. The Morgan fingerprint density at radius 1 is 1.21 bits per heavy atom. The average molecular weight is 257 g/mol. The van der Waals surface area contributed by atoms with Crippen LogP contribution in [-0.2, 0) is 7.05 Å². The summed E-state index contributed by atoms with van der Waals surface area (Å²) in [6.07, 6.45) is 1.51. The predicted octanol–water partition coefficient (Wildman–Crippen LogP) is 1.45. The minimum atomic E-state index is -0.289. The summed E-state index contributed by atoms with van der Waals surface area (Å²) in [5.41, 5.74) is 7.05.